The third-order valence-electron chi connectivity index (χ3n) is 6.02. The van der Waals surface area contributed by atoms with E-state index in [0.717, 1.165) is 28.7 Å². The summed E-state index contributed by atoms with van der Waals surface area (Å²) < 4.78 is 44.0. The molecule has 1 aliphatic heterocycles. The molecule has 3 aromatic carbocycles. The molecule has 1 saturated heterocycles. The van der Waals surface area contributed by atoms with Crippen molar-refractivity contribution < 1.29 is 27.5 Å². The average molecular weight is 470 g/mol. The van der Waals surface area contributed by atoms with Gasteiger partial charge in [0.05, 0.1) is 12.1 Å². The van der Waals surface area contributed by atoms with Crippen molar-refractivity contribution in [1.82, 2.24) is 10.2 Å². The van der Waals surface area contributed by atoms with Crippen molar-refractivity contribution in [3.8, 4) is 5.75 Å². The number of nitrogens with one attached hydrogen (secondary N) is 1. The minimum Gasteiger partial charge on any atom is -0.491 e. The molecule has 1 heterocycles. The Morgan fingerprint density at radius 1 is 0.941 bits per heavy atom. The van der Waals surface area contributed by atoms with Crippen molar-refractivity contribution >= 4 is 22.6 Å². The normalized spacial score (nSPS) is 14.7. The summed E-state index contributed by atoms with van der Waals surface area (Å²) in [5.41, 5.74) is -0.578. The zero-order valence-electron chi connectivity index (χ0n) is 18.5. The molecule has 0 radical (unpaired) electrons. The average Bonchev–Trinajstić information content (AvgIpc) is 2.86. The fourth-order valence-electron chi connectivity index (χ4n) is 4.13. The smallest absolute Gasteiger partial charge is 0.416 e. The number of carbonyl (C=O) groups excluding carboxylic acids is 2. The van der Waals surface area contributed by atoms with Gasteiger partial charge in [-0.1, -0.05) is 36.4 Å². The standard InChI is InChI=1S/C26H25F3N2O3/c27-26(28,29)21-10-8-20(9-11-21)25(33)31-15-12-19(13-16-31)24(32)30-14-17-34-23-7-3-5-18-4-1-2-6-22(18)23/h1-11,19H,12-17H2,(H,30,32). The lowest BCUT2D eigenvalue weighted by molar-refractivity contribution is -0.137. The van der Waals surface area contributed by atoms with Crippen LogP contribution in [0.2, 0.25) is 0 Å². The quantitative estimate of drug-likeness (QED) is 0.521. The predicted octanol–water partition coefficient (Wildman–Crippen LogP) is 4.91. The van der Waals surface area contributed by atoms with Crippen molar-refractivity contribution in [2.45, 2.75) is 19.0 Å². The van der Waals surface area contributed by atoms with Gasteiger partial charge in [-0.15, -0.1) is 0 Å². The van der Waals surface area contributed by atoms with Gasteiger partial charge in [-0.2, -0.15) is 13.2 Å². The van der Waals surface area contributed by atoms with E-state index in [1.54, 1.807) is 4.90 Å². The number of nitrogens with zero attached hydrogens (tertiary/aromatic N) is 1. The van der Waals surface area contributed by atoms with E-state index >= 15 is 0 Å². The van der Waals surface area contributed by atoms with Gasteiger partial charge in [0.25, 0.3) is 5.91 Å². The lowest BCUT2D eigenvalue weighted by atomic mass is 9.95. The molecule has 0 unspecified atom stereocenters. The fourth-order valence-corrected chi connectivity index (χ4v) is 4.13. The lowest BCUT2D eigenvalue weighted by Crippen LogP contribution is -2.43. The van der Waals surface area contributed by atoms with Crippen molar-refractivity contribution in [2.75, 3.05) is 26.2 Å². The molecule has 8 heteroatoms. The van der Waals surface area contributed by atoms with Gasteiger partial charge in [-0.05, 0) is 48.6 Å². The molecular weight excluding hydrogens is 445 g/mol. The molecule has 2 amide bonds. The molecule has 5 nitrogen and oxygen atoms in total. The maximum absolute atomic E-state index is 12.7. The molecule has 4 rings (SSSR count). The number of hydrogen-bond donors (Lipinski definition) is 1. The van der Waals surface area contributed by atoms with E-state index in [-0.39, 0.29) is 23.3 Å². The number of halogens is 3. The molecular formula is C26H25F3N2O3. The lowest BCUT2D eigenvalue weighted by Gasteiger charge is -2.31. The summed E-state index contributed by atoms with van der Waals surface area (Å²) in [6.45, 7) is 1.46. The van der Waals surface area contributed by atoms with Crippen LogP contribution in [-0.4, -0.2) is 43.0 Å². The highest BCUT2D eigenvalue weighted by Crippen LogP contribution is 2.29. The van der Waals surface area contributed by atoms with E-state index in [0.29, 0.717) is 39.1 Å². The molecule has 178 valence electrons. The number of likely N-dealkylation sites (tertiary alicyclic amines) is 1. The van der Waals surface area contributed by atoms with E-state index in [9.17, 15) is 22.8 Å². The molecule has 0 bridgehead atoms. The van der Waals surface area contributed by atoms with Crippen molar-refractivity contribution in [1.29, 1.82) is 0 Å². The molecule has 0 saturated carbocycles. The predicted molar refractivity (Wildman–Crippen MR) is 123 cm³/mol. The zero-order valence-corrected chi connectivity index (χ0v) is 18.5. The first-order chi connectivity index (χ1) is 16.3. The third kappa shape index (κ3) is 5.50. The number of fused-ring (bicyclic) bond motifs is 1. The highest BCUT2D eigenvalue weighted by molar-refractivity contribution is 5.94. The Morgan fingerprint density at radius 3 is 2.32 bits per heavy atom. The molecule has 0 aromatic heterocycles. The van der Waals surface area contributed by atoms with Crippen molar-refractivity contribution in [3.63, 3.8) is 0 Å². The van der Waals surface area contributed by atoms with Crippen LogP contribution in [0.3, 0.4) is 0 Å². The van der Waals surface area contributed by atoms with Gasteiger partial charge in [-0.3, -0.25) is 9.59 Å². The number of hydrogen-bond acceptors (Lipinski definition) is 3. The fraction of sp³-hybridized carbons (Fsp3) is 0.308. The Morgan fingerprint density at radius 2 is 1.62 bits per heavy atom. The van der Waals surface area contributed by atoms with Gasteiger partial charge in [0, 0.05) is 30.0 Å². The second kappa shape index (κ2) is 10.2. The molecule has 0 aliphatic carbocycles. The van der Waals surface area contributed by atoms with E-state index in [1.165, 1.54) is 12.1 Å². The summed E-state index contributed by atoms with van der Waals surface area (Å²) in [7, 11) is 0. The van der Waals surface area contributed by atoms with Crippen LogP contribution in [0.25, 0.3) is 10.8 Å². The number of rotatable bonds is 6. The van der Waals surface area contributed by atoms with Crippen LogP contribution in [0.1, 0.15) is 28.8 Å². The van der Waals surface area contributed by atoms with Gasteiger partial charge in [0.15, 0.2) is 0 Å². The van der Waals surface area contributed by atoms with Gasteiger partial charge in [-0.25, -0.2) is 0 Å². The van der Waals surface area contributed by atoms with Crippen LogP contribution < -0.4 is 10.1 Å². The van der Waals surface area contributed by atoms with Crippen LogP contribution in [-0.2, 0) is 11.0 Å². The minimum absolute atomic E-state index is 0.0804. The number of ether oxygens (including phenoxy) is 1. The number of amides is 2. The monoisotopic (exact) mass is 470 g/mol. The highest BCUT2D eigenvalue weighted by atomic mass is 19.4. The van der Waals surface area contributed by atoms with Crippen LogP contribution in [0, 0.1) is 5.92 Å². The Bertz CT molecular complexity index is 1150. The molecule has 1 fully saturated rings. The third-order valence-corrected chi connectivity index (χ3v) is 6.02. The summed E-state index contributed by atoms with van der Waals surface area (Å²) in [5.74, 6) is 0.149. The number of carbonyl (C=O) groups is 2. The van der Waals surface area contributed by atoms with Gasteiger partial charge in [0.1, 0.15) is 12.4 Å². The Kier molecular flexibility index (Phi) is 7.05. The summed E-state index contributed by atoms with van der Waals surface area (Å²) in [4.78, 5) is 26.7. The Labute approximate surface area is 195 Å². The van der Waals surface area contributed by atoms with Crippen molar-refractivity contribution in [3.05, 3.63) is 77.9 Å². The summed E-state index contributed by atoms with van der Waals surface area (Å²) >= 11 is 0. The summed E-state index contributed by atoms with van der Waals surface area (Å²) in [6, 6.07) is 18.0. The maximum Gasteiger partial charge on any atom is 0.416 e. The van der Waals surface area contributed by atoms with Gasteiger partial charge < -0.3 is 15.0 Å². The van der Waals surface area contributed by atoms with E-state index in [2.05, 4.69) is 5.32 Å². The summed E-state index contributed by atoms with van der Waals surface area (Å²) in [6.07, 6.45) is -3.43. The zero-order chi connectivity index (χ0) is 24.1. The molecule has 0 atom stereocenters. The first kappa shape index (κ1) is 23.6. The molecule has 34 heavy (non-hydrogen) atoms. The number of piperidine rings is 1. The van der Waals surface area contributed by atoms with E-state index in [4.69, 9.17) is 4.74 Å². The SMILES string of the molecule is O=C(NCCOc1cccc2ccccc12)C1CCN(C(=O)c2ccc(C(F)(F)F)cc2)CC1. The Balaban J connectivity index is 1.21. The van der Waals surface area contributed by atoms with Gasteiger partial charge >= 0.3 is 6.18 Å². The largest absolute Gasteiger partial charge is 0.491 e. The first-order valence-corrected chi connectivity index (χ1v) is 11.2. The van der Waals surface area contributed by atoms with Crippen molar-refractivity contribution in [2.24, 2.45) is 5.92 Å². The Hall–Kier alpha value is -3.55. The second-order valence-corrected chi connectivity index (χ2v) is 8.26. The summed E-state index contributed by atoms with van der Waals surface area (Å²) in [5, 5.41) is 4.99. The van der Waals surface area contributed by atoms with Crippen LogP contribution in [0.5, 0.6) is 5.75 Å². The molecule has 0 spiro atoms. The van der Waals surface area contributed by atoms with Crippen LogP contribution >= 0.6 is 0 Å². The maximum atomic E-state index is 12.7. The first-order valence-electron chi connectivity index (χ1n) is 11.2. The number of alkyl halides is 3. The topological polar surface area (TPSA) is 58.6 Å². The molecule has 1 N–H and O–H groups in total. The molecule has 1 aliphatic rings. The second-order valence-electron chi connectivity index (χ2n) is 8.26. The minimum atomic E-state index is -4.44. The number of benzene rings is 3. The van der Waals surface area contributed by atoms with E-state index in [1.807, 2.05) is 42.5 Å². The molecule has 3 aromatic rings. The van der Waals surface area contributed by atoms with Crippen LogP contribution in [0.4, 0.5) is 13.2 Å². The van der Waals surface area contributed by atoms with E-state index < -0.39 is 11.7 Å². The van der Waals surface area contributed by atoms with Gasteiger partial charge in [0.2, 0.25) is 5.91 Å². The highest BCUT2D eigenvalue weighted by Gasteiger charge is 2.31. The van der Waals surface area contributed by atoms with Crippen LogP contribution in [0.15, 0.2) is 66.7 Å².